The topological polar surface area (TPSA) is 64.5 Å². The number of alkyl halides is 1. The van der Waals surface area contributed by atoms with Crippen LogP contribution in [0.15, 0.2) is 12.1 Å². The minimum Gasteiger partial charge on any atom is -0.397 e. The maximum atomic E-state index is 14.9. The fourth-order valence-corrected chi connectivity index (χ4v) is 2.67. The Morgan fingerprint density at radius 1 is 1.37 bits per heavy atom. The molecule has 0 radical (unpaired) electrons. The molecule has 4 N–H and O–H groups in total. The van der Waals surface area contributed by atoms with Crippen molar-refractivity contribution in [1.82, 2.24) is 4.90 Å². The summed E-state index contributed by atoms with van der Waals surface area (Å²) >= 11 is 0. The first kappa shape index (κ1) is 14.5. The van der Waals surface area contributed by atoms with Gasteiger partial charge in [-0.15, -0.1) is 0 Å². The molecule has 0 spiro atoms. The molecular formula is C13H21FN3OP. The van der Waals surface area contributed by atoms with E-state index in [9.17, 15) is 4.39 Å². The minimum atomic E-state index is -1.52. The summed E-state index contributed by atoms with van der Waals surface area (Å²) in [5, 5.41) is -1.52. The largest absolute Gasteiger partial charge is 0.397 e. The number of halogens is 1. The lowest BCUT2D eigenvalue weighted by atomic mass is 10.0. The Balaban J connectivity index is 2.18. The fourth-order valence-electron chi connectivity index (χ4n) is 2.24. The molecule has 0 aromatic heterocycles. The second-order valence-corrected chi connectivity index (χ2v) is 5.96. The summed E-state index contributed by atoms with van der Waals surface area (Å²) in [6, 6.07) is 3.38. The molecule has 2 atom stereocenters. The lowest BCUT2D eigenvalue weighted by molar-refractivity contribution is 0.0222. The standard InChI is InChI=1S/C13H21FN3OP/c1-9-6-10(7-11(15)12(9)16)13(14,19)8-17-2-4-18-5-3-17/h6-7H,2-5,8,15-16,19H2,1H3. The highest BCUT2D eigenvalue weighted by atomic mass is 31.0. The summed E-state index contributed by atoms with van der Waals surface area (Å²) in [6.45, 7) is 4.97. The van der Waals surface area contributed by atoms with Gasteiger partial charge >= 0.3 is 0 Å². The molecule has 1 heterocycles. The van der Waals surface area contributed by atoms with Crippen LogP contribution in [0.25, 0.3) is 0 Å². The molecule has 19 heavy (non-hydrogen) atoms. The molecule has 6 heteroatoms. The van der Waals surface area contributed by atoms with Crippen LogP contribution in [0.3, 0.4) is 0 Å². The normalized spacial score (nSPS) is 20.2. The van der Waals surface area contributed by atoms with Gasteiger partial charge in [0.15, 0.2) is 5.41 Å². The number of nitrogens with two attached hydrogens (primary N) is 2. The van der Waals surface area contributed by atoms with E-state index in [1.165, 1.54) is 0 Å². The summed E-state index contributed by atoms with van der Waals surface area (Å²) in [5.74, 6) is 0. The number of morpholine rings is 1. The monoisotopic (exact) mass is 285 g/mol. The van der Waals surface area contributed by atoms with Crippen LogP contribution in [0.5, 0.6) is 0 Å². The Labute approximate surface area is 115 Å². The quantitative estimate of drug-likeness (QED) is 0.652. The van der Waals surface area contributed by atoms with Gasteiger partial charge in [-0.3, -0.25) is 4.90 Å². The molecule has 1 aliphatic heterocycles. The van der Waals surface area contributed by atoms with E-state index in [-0.39, 0.29) is 0 Å². The van der Waals surface area contributed by atoms with E-state index in [4.69, 9.17) is 16.2 Å². The number of hydrogen-bond donors (Lipinski definition) is 2. The van der Waals surface area contributed by atoms with Crippen LogP contribution in [-0.2, 0) is 10.1 Å². The molecule has 4 nitrogen and oxygen atoms in total. The van der Waals surface area contributed by atoms with E-state index in [1.54, 1.807) is 12.1 Å². The molecular weight excluding hydrogens is 264 g/mol. The molecule has 1 aliphatic rings. The second-order valence-electron chi connectivity index (χ2n) is 5.05. The first-order valence-corrected chi connectivity index (χ1v) is 6.92. The lowest BCUT2D eigenvalue weighted by Crippen LogP contribution is -2.42. The first-order valence-electron chi connectivity index (χ1n) is 6.34. The van der Waals surface area contributed by atoms with Gasteiger partial charge in [0.2, 0.25) is 0 Å². The molecule has 1 aromatic rings. The number of benzene rings is 1. The molecule has 1 fully saturated rings. The Hall–Kier alpha value is -0.900. The van der Waals surface area contributed by atoms with E-state index in [0.29, 0.717) is 36.7 Å². The third kappa shape index (κ3) is 3.35. The predicted octanol–water partition coefficient (Wildman–Crippen LogP) is 1.49. The SMILES string of the molecule is Cc1cc(C(F)(P)CN2CCOCC2)cc(N)c1N. The molecule has 1 saturated heterocycles. The molecule has 0 bridgehead atoms. The average Bonchev–Trinajstić information content (AvgIpc) is 2.36. The highest BCUT2D eigenvalue weighted by molar-refractivity contribution is 7.18. The molecule has 0 saturated carbocycles. The summed E-state index contributed by atoms with van der Waals surface area (Å²) in [7, 11) is 2.29. The van der Waals surface area contributed by atoms with Crippen LogP contribution in [-0.4, -0.2) is 37.7 Å². The summed E-state index contributed by atoms with van der Waals surface area (Å²) < 4.78 is 20.1. The number of hydrogen-bond acceptors (Lipinski definition) is 4. The van der Waals surface area contributed by atoms with Gasteiger partial charge in [0, 0.05) is 19.6 Å². The zero-order valence-electron chi connectivity index (χ0n) is 11.2. The van der Waals surface area contributed by atoms with Gasteiger partial charge in [0.25, 0.3) is 0 Å². The van der Waals surface area contributed by atoms with Crippen molar-refractivity contribution in [2.24, 2.45) is 0 Å². The highest BCUT2D eigenvalue weighted by Crippen LogP contribution is 2.37. The zero-order chi connectivity index (χ0) is 14.0. The summed E-state index contributed by atoms with van der Waals surface area (Å²) in [6.07, 6.45) is 0. The number of aryl methyl sites for hydroxylation is 1. The third-order valence-electron chi connectivity index (χ3n) is 3.46. The maximum Gasteiger partial charge on any atom is 0.161 e. The van der Waals surface area contributed by atoms with Crippen molar-refractivity contribution in [1.29, 1.82) is 0 Å². The van der Waals surface area contributed by atoms with Gasteiger partial charge in [0.05, 0.1) is 24.6 Å². The van der Waals surface area contributed by atoms with Crippen LogP contribution >= 0.6 is 9.24 Å². The van der Waals surface area contributed by atoms with Gasteiger partial charge in [0.1, 0.15) is 0 Å². The molecule has 2 rings (SSSR count). The fraction of sp³-hybridized carbons (Fsp3) is 0.538. The minimum absolute atomic E-state index is 0.309. The first-order chi connectivity index (χ1) is 8.90. The van der Waals surface area contributed by atoms with Gasteiger partial charge in [-0.2, -0.15) is 0 Å². The van der Waals surface area contributed by atoms with Crippen LogP contribution in [0, 0.1) is 6.92 Å². The van der Waals surface area contributed by atoms with Gasteiger partial charge in [-0.1, -0.05) is 15.3 Å². The van der Waals surface area contributed by atoms with Crippen molar-refractivity contribution < 1.29 is 9.13 Å². The van der Waals surface area contributed by atoms with Crippen LogP contribution in [0.4, 0.5) is 15.8 Å². The number of nitrogen functional groups attached to an aromatic ring is 2. The van der Waals surface area contributed by atoms with E-state index in [0.717, 1.165) is 18.7 Å². The van der Waals surface area contributed by atoms with E-state index in [2.05, 4.69) is 14.1 Å². The number of anilines is 2. The Morgan fingerprint density at radius 3 is 2.58 bits per heavy atom. The predicted molar refractivity (Wildman–Crippen MR) is 79.8 cm³/mol. The van der Waals surface area contributed by atoms with Crippen molar-refractivity contribution in [2.45, 2.75) is 12.3 Å². The van der Waals surface area contributed by atoms with Crippen molar-refractivity contribution in [3.8, 4) is 0 Å². The van der Waals surface area contributed by atoms with Crippen LogP contribution in [0.2, 0.25) is 0 Å². The van der Waals surface area contributed by atoms with E-state index < -0.39 is 5.41 Å². The van der Waals surface area contributed by atoms with Crippen molar-refractivity contribution >= 4 is 20.6 Å². The Kier molecular flexibility index (Phi) is 4.29. The van der Waals surface area contributed by atoms with E-state index in [1.807, 2.05) is 6.92 Å². The molecule has 2 unspecified atom stereocenters. The van der Waals surface area contributed by atoms with Crippen molar-refractivity contribution in [2.75, 3.05) is 44.3 Å². The Morgan fingerprint density at radius 2 is 2.00 bits per heavy atom. The maximum absolute atomic E-state index is 14.9. The van der Waals surface area contributed by atoms with Crippen LogP contribution in [0.1, 0.15) is 11.1 Å². The zero-order valence-corrected chi connectivity index (χ0v) is 12.3. The summed E-state index contributed by atoms with van der Waals surface area (Å²) in [5.41, 5.74) is 13.9. The highest BCUT2D eigenvalue weighted by Gasteiger charge is 2.30. The van der Waals surface area contributed by atoms with Gasteiger partial charge in [-0.25, -0.2) is 4.39 Å². The van der Waals surface area contributed by atoms with Crippen molar-refractivity contribution in [3.63, 3.8) is 0 Å². The average molecular weight is 285 g/mol. The third-order valence-corrected chi connectivity index (χ3v) is 3.97. The second kappa shape index (κ2) is 5.61. The number of nitrogens with zero attached hydrogens (tertiary/aromatic N) is 1. The number of ether oxygens (including phenoxy) is 1. The molecule has 0 aliphatic carbocycles. The molecule has 106 valence electrons. The van der Waals surface area contributed by atoms with Crippen LogP contribution < -0.4 is 11.5 Å². The van der Waals surface area contributed by atoms with Gasteiger partial charge < -0.3 is 16.2 Å². The lowest BCUT2D eigenvalue weighted by Gasteiger charge is -2.32. The van der Waals surface area contributed by atoms with Gasteiger partial charge in [-0.05, 0) is 24.1 Å². The molecule has 1 aromatic carbocycles. The smallest absolute Gasteiger partial charge is 0.161 e. The van der Waals surface area contributed by atoms with E-state index >= 15 is 0 Å². The summed E-state index contributed by atoms with van der Waals surface area (Å²) in [4.78, 5) is 2.05. The van der Waals surface area contributed by atoms with Crippen molar-refractivity contribution in [3.05, 3.63) is 23.3 Å². The molecule has 0 amide bonds. The number of rotatable bonds is 3. The Bertz CT molecular complexity index is 438.